The Morgan fingerprint density at radius 3 is 2.81 bits per heavy atom. The van der Waals surface area contributed by atoms with Crippen LogP contribution in [0.5, 0.6) is 0 Å². The van der Waals surface area contributed by atoms with Crippen molar-refractivity contribution in [2.75, 3.05) is 38.6 Å². The van der Waals surface area contributed by atoms with Crippen LogP contribution >= 0.6 is 0 Å². The molecule has 1 aromatic rings. The van der Waals surface area contributed by atoms with Gasteiger partial charge in [-0.15, -0.1) is 0 Å². The van der Waals surface area contributed by atoms with Crippen molar-refractivity contribution < 1.29 is 4.79 Å². The van der Waals surface area contributed by atoms with E-state index >= 15 is 0 Å². The van der Waals surface area contributed by atoms with E-state index in [-0.39, 0.29) is 5.91 Å². The van der Waals surface area contributed by atoms with E-state index in [1.807, 2.05) is 44.4 Å². The highest BCUT2D eigenvalue weighted by Crippen LogP contribution is 2.20. The predicted octanol–water partition coefficient (Wildman–Crippen LogP) is 2.11. The number of para-hydroxylation sites is 1. The molecule has 1 aromatic carbocycles. The number of likely N-dealkylation sites (N-methyl/N-ethyl adjacent to an activating group) is 1. The molecule has 1 aliphatic rings. The number of nitrogens with one attached hydrogen (secondary N) is 1. The molecule has 116 valence electrons. The van der Waals surface area contributed by atoms with Crippen LogP contribution in [0, 0.1) is 0 Å². The Labute approximate surface area is 128 Å². The number of piperidine rings is 1. The van der Waals surface area contributed by atoms with Gasteiger partial charge in [-0.2, -0.15) is 0 Å². The third-order valence-electron chi connectivity index (χ3n) is 4.33. The molecular formula is C17H27N3O. The zero-order chi connectivity index (χ0) is 15.1. The second-order valence-electron chi connectivity index (χ2n) is 5.80. The Morgan fingerprint density at radius 1 is 1.33 bits per heavy atom. The van der Waals surface area contributed by atoms with Gasteiger partial charge in [-0.05, 0) is 51.5 Å². The number of amides is 1. The summed E-state index contributed by atoms with van der Waals surface area (Å²) in [7, 11) is 3.85. The molecule has 1 saturated heterocycles. The summed E-state index contributed by atoms with van der Waals surface area (Å²) in [6.07, 6.45) is 4.83. The SMILES string of the molecule is CNCCC1CCCCN1CC(=O)N(C)c1ccccc1. The standard InChI is InChI=1S/C17H27N3O/c1-18-12-11-16-10-6-7-13-20(16)14-17(21)19(2)15-8-4-3-5-9-15/h3-5,8-9,16,18H,6-7,10-14H2,1-2H3. The first-order valence-electron chi connectivity index (χ1n) is 7.92. The maximum atomic E-state index is 12.5. The van der Waals surface area contributed by atoms with E-state index in [0.29, 0.717) is 12.6 Å². The van der Waals surface area contributed by atoms with Crippen molar-refractivity contribution in [2.45, 2.75) is 31.7 Å². The number of carbonyl (C=O) groups is 1. The smallest absolute Gasteiger partial charge is 0.240 e. The van der Waals surface area contributed by atoms with Crippen molar-refractivity contribution in [1.82, 2.24) is 10.2 Å². The Morgan fingerprint density at radius 2 is 2.10 bits per heavy atom. The van der Waals surface area contributed by atoms with Gasteiger partial charge in [0.25, 0.3) is 0 Å². The van der Waals surface area contributed by atoms with Crippen LogP contribution < -0.4 is 10.2 Å². The average Bonchev–Trinajstić information content (AvgIpc) is 2.54. The van der Waals surface area contributed by atoms with Crippen molar-refractivity contribution in [3.05, 3.63) is 30.3 Å². The molecule has 1 unspecified atom stereocenters. The van der Waals surface area contributed by atoms with Crippen LogP contribution in [0.25, 0.3) is 0 Å². The third kappa shape index (κ3) is 4.55. The molecule has 4 heteroatoms. The molecule has 1 heterocycles. The van der Waals surface area contributed by atoms with Crippen LogP contribution in [0.2, 0.25) is 0 Å². The third-order valence-corrected chi connectivity index (χ3v) is 4.33. The number of anilines is 1. The molecule has 1 atom stereocenters. The summed E-state index contributed by atoms with van der Waals surface area (Å²) in [6, 6.07) is 10.4. The number of hydrogen-bond acceptors (Lipinski definition) is 3. The largest absolute Gasteiger partial charge is 0.320 e. The molecule has 0 radical (unpaired) electrons. The lowest BCUT2D eigenvalue weighted by molar-refractivity contribution is -0.120. The van der Waals surface area contributed by atoms with Crippen LogP contribution in [-0.4, -0.2) is 50.6 Å². The zero-order valence-electron chi connectivity index (χ0n) is 13.2. The molecule has 21 heavy (non-hydrogen) atoms. The topological polar surface area (TPSA) is 35.6 Å². The fourth-order valence-electron chi connectivity index (χ4n) is 2.98. The highest BCUT2D eigenvalue weighted by molar-refractivity contribution is 5.94. The van der Waals surface area contributed by atoms with Gasteiger partial charge in [-0.25, -0.2) is 0 Å². The first-order valence-corrected chi connectivity index (χ1v) is 7.92. The van der Waals surface area contributed by atoms with Crippen LogP contribution in [0.15, 0.2) is 30.3 Å². The van der Waals surface area contributed by atoms with E-state index in [4.69, 9.17) is 0 Å². The quantitative estimate of drug-likeness (QED) is 0.871. The molecule has 0 spiro atoms. The normalized spacial score (nSPS) is 19.4. The molecule has 2 rings (SSSR count). The van der Waals surface area contributed by atoms with Crippen LogP contribution in [0.1, 0.15) is 25.7 Å². The van der Waals surface area contributed by atoms with E-state index in [1.54, 1.807) is 4.90 Å². The highest BCUT2D eigenvalue weighted by atomic mass is 16.2. The predicted molar refractivity (Wildman–Crippen MR) is 87.6 cm³/mol. The summed E-state index contributed by atoms with van der Waals surface area (Å²) in [4.78, 5) is 16.6. The Balaban J connectivity index is 1.93. The van der Waals surface area contributed by atoms with Crippen molar-refractivity contribution in [3.63, 3.8) is 0 Å². The number of carbonyl (C=O) groups excluding carboxylic acids is 1. The Bertz CT molecular complexity index is 435. The number of benzene rings is 1. The first kappa shape index (κ1) is 16.0. The fourth-order valence-corrected chi connectivity index (χ4v) is 2.98. The van der Waals surface area contributed by atoms with Gasteiger partial charge in [0.15, 0.2) is 0 Å². The van der Waals surface area contributed by atoms with Crippen molar-refractivity contribution in [3.8, 4) is 0 Å². The molecule has 4 nitrogen and oxygen atoms in total. The van der Waals surface area contributed by atoms with Crippen LogP contribution in [-0.2, 0) is 4.79 Å². The first-order chi connectivity index (χ1) is 10.2. The molecule has 1 fully saturated rings. The van der Waals surface area contributed by atoms with E-state index in [9.17, 15) is 4.79 Å². The highest BCUT2D eigenvalue weighted by Gasteiger charge is 2.25. The molecule has 1 N–H and O–H groups in total. The van der Waals surface area contributed by atoms with Gasteiger partial charge < -0.3 is 10.2 Å². The van der Waals surface area contributed by atoms with E-state index in [0.717, 1.165) is 25.2 Å². The minimum Gasteiger partial charge on any atom is -0.320 e. The molecule has 1 aliphatic heterocycles. The Kier molecular flexibility index (Phi) is 6.21. The van der Waals surface area contributed by atoms with Crippen molar-refractivity contribution in [2.24, 2.45) is 0 Å². The fraction of sp³-hybridized carbons (Fsp3) is 0.588. The van der Waals surface area contributed by atoms with E-state index in [2.05, 4.69) is 10.2 Å². The number of nitrogens with zero attached hydrogens (tertiary/aromatic N) is 2. The minimum atomic E-state index is 0.178. The Hall–Kier alpha value is -1.39. The monoisotopic (exact) mass is 289 g/mol. The van der Waals surface area contributed by atoms with Crippen molar-refractivity contribution >= 4 is 11.6 Å². The second kappa shape index (κ2) is 8.15. The molecule has 0 aromatic heterocycles. The lowest BCUT2D eigenvalue weighted by Crippen LogP contribution is -2.46. The summed E-state index contributed by atoms with van der Waals surface area (Å²) in [6.45, 7) is 2.59. The molecule has 0 aliphatic carbocycles. The van der Waals surface area contributed by atoms with Gasteiger partial charge in [0.2, 0.25) is 5.91 Å². The number of likely N-dealkylation sites (tertiary alicyclic amines) is 1. The molecule has 1 amide bonds. The maximum Gasteiger partial charge on any atom is 0.240 e. The van der Waals surface area contributed by atoms with Gasteiger partial charge in [0.05, 0.1) is 6.54 Å². The minimum absolute atomic E-state index is 0.178. The van der Waals surface area contributed by atoms with Gasteiger partial charge in [-0.3, -0.25) is 9.69 Å². The van der Waals surface area contributed by atoms with Crippen LogP contribution in [0.3, 0.4) is 0 Å². The average molecular weight is 289 g/mol. The lowest BCUT2D eigenvalue weighted by Gasteiger charge is -2.36. The van der Waals surface area contributed by atoms with Crippen LogP contribution in [0.4, 0.5) is 5.69 Å². The molecule has 0 saturated carbocycles. The lowest BCUT2D eigenvalue weighted by atomic mass is 9.99. The van der Waals surface area contributed by atoms with Crippen molar-refractivity contribution in [1.29, 1.82) is 0 Å². The van der Waals surface area contributed by atoms with Gasteiger partial charge >= 0.3 is 0 Å². The maximum absolute atomic E-state index is 12.5. The summed E-state index contributed by atoms with van der Waals surface area (Å²) in [5.41, 5.74) is 0.964. The zero-order valence-corrected chi connectivity index (χ0v) is 13.2. The summed E-state index contributed by atoms with van der Waals surface area (Å²) in [5, 5.41) is 3.22. The van der Waals surface area contributed by atoms with E-state index in [1.165, 1.54) is 19.3 Å². The molecule has 0 bridgehead atoms. The number of hydrogen-bond donors (Lipinski definition) is 1. The molecular weight excluding hydrogens is 262 g/mol. The summed E-state index contributed by atoms with van der Waals surface area (Å²) >= 11 is 0. The van der Waals surface area contributed by atoms with E-state index < -0.39 is 0 Å². The van der Waals surface area contributed by atoms with Gasteiger partial charge in [0.1, 0.15) is 0 Å². The summed E-state index contributed by atoms with van der Waals surface area (Å²) in [5.74, 6) is 0.178. The number of rotatable bonds is 6. The van der Waals surface area contributed by atoms with Gasteiger partial charge in [0, 0.05) is 18.8 Å². The van der Waals surface area contributed by atoms with Gasteiger partial charge in [-0.1, -0.05) is 24.6 Å². The second-order valence-corrected chi connectivity index (χ2v) is 5.80. The summed E-state index contributed by atoms with van der Waals surface area (Å²) < 4.78 is 0.